The molecule has 0 fully saturated rings. The van der Waals surface area contributed by atoms with Crippen LogP contribution < -0.4 is 0 Å². The van der Waals surface area contributed by atoms with Crippen molar-refractivity contribution in [2.24, 2.45) is 7.05 Å². The Bertz CT molecular complexity index is 357. The van der Waals surface area contributed by atoms with Gasteiger partial charge in [-0.1, -0.05) is 0 Å². The van der Waals surface area contributed by atoms with Gasteiger partial charge in [-0.2, -0.15) is 5.10 Å². The smallest absolute Gasteiger partial charge is 0.358 e. The van der Waals surface area contributed by atoms with Crippen molar-refractivity contribution in [1.82, 2.24) is 9.78 Å². The van der Waals surface area contributed by atoms with Gasteiger partial charge in [0.1, 0.15) is 5.69 Å². The van der Waals surface area contributed by atoms with Crippen LogP contribution >= 0.6 is 0 Å². The fraction of sp³-hybridized carbons (Fsp3) is 0.286. The molecule has 0 saturated carbocycles. The van der Waals surface area contributed by atoms with Crippen molar-refractivity contribution in [1.29, 1.82) is 0 Å². The number of hydrogen-bond donors (Lipinski definition) is 1. The van der Waals surface area contributed by atoms with E-state index in [4.69, 9.17) is 5.11 Å². The number of ether oxygens (including phenoxy) is 1. The van der Waals surface area contributed by atoms with E-state index in [1.165, 1.54) is 14.2 Å². The number of carboxylic acids is 1. The van der Waals surface area contributed by atoms with Gasteiger partial charge in [-0.15, -0.1) is 0 Å². The first-order valence-electron chi connectivity index (χ1n) is 3.42. The molecule has 14 heavy (non-hydrogen) atoms. The zero-order chi connectivity index (χ0) is 10.0. The topological polar surface area (TPSA) is 113 Å². The van der Waals surface area contributed by atoms with Gasteiger partial charge in [0.05, 0.1) is 7.11 Å². The lowest BCUT2D eigenvalue weighted by atomic mass is 10.3. The van der Waals surface area contributed by atoms with Crippen molar-refractivity contribution in [3.63, 3.8) is 0 Å². The molecular formula is C7H10N2O5. The summed E-state index contributed by atoms with van der Waals surface area (Å²) in [6, 6.07) is 1.16. The molecule has 1 aromatic heterocycles. The van der Waals surface area contributed by atoms with E-state index in [2.05, 4.69) is 9.84 Å². The molecule has 3 N–H and O–H groups in total. The molecule has 1 aromatic rings. The molecule has 0 radical (unpaired) electrons. The first-order chi connectivity index (χ1) is 6.06. The standard InChI is InChI=1S/C7H8N2O4.H2O/c1-9-5(6(10)11)3-4(8-9)7(12)13-2;/h3H,1-2H3,(H,10,11);1H2. The summed E-state index contributed by atoms with van der Waals surface area (Å²) in [4.78, 5) is 21.4. The summed E-state index contributed by atoms with van der Waals surface area (Å²) >= 11 is 0. The monoisotopic (exact) mass is 202 g/mol. The Morgan fingerprint density at radius 1 is 1.57 bits per heavy atom. The average Bonchev–Trinajstić information content (AvgIpc) is 2.46. The normalized spacial score (nSPS) is 9.00. The molecule has 7 nitrogen and oxygen atoms in total. The van der Waals surface area contributed by atoms with Crippen molar-refractivity contribution >= 4 is 11.9 Å². The lowest BCUT2D eigenvalue weighted by molar-refractivity contribution is 0.0592. The van der Waals surface area contributed by atoms with Gasteiger partial charge in [-0.3, -0.25) is 4.68 Å². The third-order valence-electron chi connectivity index (χ3n) is 1.49. The molecule has 0 aliphatic heterocycles. The fourth-order valence-electron chi connectivity index (χ4n) is 0.872. The van der Waals surface area contributed by atoms with Gasteiger partial charge in [0.25, 0.3) is 0 Å². The molecule has 0 spiro atoms. The summed E-state index contributed by atoms with van der Waals surface area (Å²) in [6.45, 7) is 0. The molecule has 7 heteroatoms. The largest absolute Gasteiger partial charge is 0.477 e. The molecule has 0 saturated heterocycles. The van der Waals surface area contributed by atoms with Crippen molar-refractivity contribution in [3.05, 3.63) is 17.5 Å². The highest BCUT2D eigenvalue weighted by Gasteiger charge is 2.16. The number of carbonyl (C=O) groups excluding carboxylic acids is 1. The first-order valence-corrected chi connectivity index (χ1v) is 3.42. The van der Waals surface area contributed by atoms with Gasteiger partial charge >= 0.3 is 11.9 Å². The molecule has 78 valence electrons. The van der Waals surface area contributed by atoms with E-state index >= 15 is 0 Å². The zero-order valence-electron chi connectivity index (χ0n) is 7.64. The van der Waals surface area contributed by atoms with Crippen LogP contribution in [0.15, 0.2) is 6.07 Å². The van der Waals surface area contributed by atoms with Crippen LogP contribution in [-0.2, 0) is 11.8 Å². The highest BCUT2D eigenvalue weighted by atomic mass is 16.5. The summed E-state index contributed by atoms with van der Waals surface area (Å²) in [5.41, 5.74) is -0.0669. The van der Waals surface area contributed by atoms with Crippen LogP contribution in [-0.4, -0.2) is 39.4 Å². The minimum Gasteiger partial charge on any atom is -0.477 e. The maximum absolute atomic E-state index is 10.9. The third kappa shape index (κ3) is 2.07. The van der Waals surface area contributed by atoms with Crippen molar-refractivity contribution < 1.29 is 24.9 Å². The molecule has 1 heterocycles. The highest BCUT2D eigenvalue weighted by molar-refractivity contribution is 5.92. The number of nitrogens with zero attached hydrogens (tertiary/aromatic N) is 2. The van der Waals surface area contributed by atoms with E-state index in [1.807, 2.05) is 0 Å². The van der Waals surface area contributed by atoms with E-state index < -0.39 is 11.9 Å². The lowest BCUT2D eigenvalue weighted by Crippen LogP contribution is -2.05. The summed E-state index contributed by atoms with van der Waals surface area (Å²) in [6.07, 6.45) is 0. The Morgan fingerprint density at radius 2 is 2.14 bits per heavy atom. The quantitative estimate of drug-likeness (QED) is 0.623. The minimum atomic E-state index is -1.13. The molecule has 0 amide bonds. The van der Waals surface area contributed by atoms with E-state index in [1.54, 1.807) is 0 Å². The molecule has 1 rings (SSSR count). The fourth-order valence-corrected chi connectivity index (χ4v) is 0.872. The van der Waals surface area contributed by atoms with Gasteiger partial charge in [-0.25, -0.2) is 9.59 Å². The second kappa shape index (κ2) is 4.38. The number of aromatic carboxylic acids is 1. The number of aromatic nitrogens is 2. The number of aryl methyl sites for hydroxylation is 1. The van der Waals surface area contributed by atoms with E-state index in [-0.39, 0.29) is 16.9 Å². The van der Waals surface area contributed by atoms with E-state index in [0.717, 1.165) is 10.7 Å². The molecule has 0 unspecified atom stereocenters. The highest BCUT2D eigenvalue weighted by Crippen LogP contribution is 2.03. The molecule has 0 atom stereocenters. The minimum absolute atomic E-state index is 0. The summed E-state index contributed by atoms with van der Waals surface area (Å²) in [5.74, 6) is -1.78. The molecule has 0 aliphatic carbocycles. The third-order valence-corrected chi connectivity index (χ3v) is 1.49. The molecule has 0 aliphatic rings. The molecular weight excluding hydrogens is 192 g/mol. The van der Waals surface area contributed by atoms with Gasteiger partial charge in [0.15, 0.2) is 5.69 Å². The van der Waals surface area contributed by atoms with Crippen molar-refractivity contribution in [3.8, 4) is 0 Å². The van der Waals surface area contributed by atoms with Crippen LogP contribution in [0.25, 0.3) is 0 Å². The summed E-state index contributed by atoms with van der Waals surface area (Å²) in [5, 5.41) is 12.3. The van der Waals surface area contributed by atoms with E-state index in [0.29, 0.717) is 0 Å². The maximum Gasteiger partial charge on any atom is 0.358 e. The van der Waals surface area contributed by atoms with Gasteiger partial charge < -0.3 is 15.3 Å². The second-order valence-electron chi connectivity index (χ2n) is 2.34. The SMILES string of the molecule is COC(=O)c1cc(C(=O)O)n(C)n1.O. The number of carbonyl (C=O) groups is 2. The van der Waals surface area contributed by atoms with E-state index in [9.17, 15) is 9.59 Å². The second-order valence-corrected chi connectivity index (χ2v) is 2.34. The summed E-state index contributed by atoms with van der Waals surface area (Å²) < 4.78 is 5.48. The predicted octanol–water partition coefficient (Wildman–Crippen LogP) is -0.920. The van der Waals surface area contributed by atoms with Crippen LogP contribution in [0.1, 0.15) is 21.0 Å². The van der Waals surface area contributed by atoms with Crippen molar-refractivity contribution in [2.45, 2.75) is 0 Å². The van der Waals surface area contributed by atoms with Gasteiger partial charge in [0.2, 0.25) is 0 Å². The lowest BCUT2D eigenvalue weighted by Gasteiger charge is -1.91. The number of esters is 1. The summed E-state index contributed by atoms with van der Waals surface area (Å²) in [7, 11) is 2.65. The van der Waals surface area contributed by atoms with Crippen LogP contribution in [0, 0.1) is 0 Å². The van der Waals surface area contributed by atoms with Crippen LogP contribution in [0.3, 0.4) is 0 Å². The Balaban J connectivity index is 0.00000169. The van der Waals surface area contributed by atoms with Crippen molar-refractivity contribution in [2.75, 3.05) is 7.11 Å². The number of hydrogen-bond acceptors (Lipinski definition) is 4. The van der Waals surface area contributed by atoms with Crippen LogP contribution in [0.2, 0.25) is 0 Å². The Labute approximate surface area is 79.2 Å². The number of methoxy groups -OCH3 is 1. The Morgan fingerprint density at radius 3 is 2.50 bits per heavy atom. The average molecular weight is 202 g/mol. The number of rotatable bonds is 2. The first kappa shape index (κ1) is 12.1. The molecule has 0 bridgehead atoms. The Hall–Kier alpha value is -1.89. The number of carboxylic acid groups (broad SMARTS) is 1. The molecule has 0 aromatic carbocycles. The predicted molar refractivity (Wildman–Crippen MR) is 45.1 cm³/mol. The maximum atomic E-state index is 10.9. The zero-order valence-corrected chi connectivity index (χ0v) is 7.64. The van der Waals surface area contributed by atoms with Gasteiger partial charge in [0, 0.05) is 13.1 Å². The van der Waals surface area contributed by atoms with Gasteiger partial charge in [-0.05, 0) is 0 Å². The van der Waals surface area contributed by atoms with Crippen LogP contribution in [0.5, 0.6) is 0 Å². The van der Waals surface area contributed by atoms with Crippen LogP contribution in [0.4, 0.5) is 0 Å². The Kier molecular flexibility index (Phi) is 3.78.